The zero-order valence-corrected chi connectivity index (χ0v) is 11.8. The molecule has 0 radical (unpaired) electrons. The molecule has 0 spiro atoms. The van der Waals surface area contributed by atoms with Crippen LogP contribution in [0, 0.1) is 13.8 Å². The molecule has 1 N–H and O–H groups in total. The number of anilines is 1. The summed E-state index contributed by atoms with van der Waals surface area (Å²) in [4.78, 5) is 4.20. The van der Waals surface area contributed by atoms with E-state index in [1.807, 2.05) is 31.2 Å². The normalized spacial score (nSPS) is 10.4. The highest BCUT2D eigenvalue weighted by atomic mass is 35.5. The molecule has 94 valence electrons. The molecule has 0 fully saturated rings. The summed E-state index contributed by atoms with van der Waals surface area (Å²) >= 11 is 11.8. The minimum Gasteiger partial charge on any atom is -0.379 e. The van der Waals surface area contributed by atoms with Crippen molar-refractivity contribution in [2.45, 2.75) is 20.4 Å². The van der Waals surface area contributed by atoms with Crippen LogP contribution in [0.2, 0.25) is 10.2 Å². The van der Waals surface area contributed by atoms with Crippen molar-refractivity contribution in [1.82, 2.24) is 4.98 Å². The third kappa shape index (κ3) is 3.15. The van der Waals surface area contributed by atoms with Gasteiger partial charge in [-0.2, -0.15) is 0 Å². The number of benzene rings is 1. The first-order valence-electron chi connectivity index (χ1n) is 5.68. The van der Waals surface area contributed by atoms with E-state index in [0.717, 1.165) is 22.9 Å². The molecule has 0 amide bonds. The number of nitrogens with one attached hydrogen (secondary N) is 1. The Morgan fingerprint density at radius 3 is 2.56 bits per heavy atom. The molecule has 0 saturated carbocycles. The van der Waals surface area contributed by atoms with Gasteiger partial charge in [0, 0.05) is 11.6 Å². The van der Waals surface area contributed by atoms with Gasteiger partial charge in [-0.3, -0.25) is 0 Å². The second-order valence-corrected chi connectivity index (χ2v) is 5.01. The van der Waals surface area contributed by atoms with Gasteiger partial charge in [0.1, 0.15) is 5.15 Å². The summed E-state index contributed by atoms with van der Waals surface area (Å²) in [6, 6.07) is 9.62. The summed E-state index contributed by atoms with van der Waals surface area (Å²) in [5.74, 6) is 0. The van der Waals surface area contributed by atoms with Crippen LogP contribution in [0.15, 0.2) is 30.3 Å². The Kier molecular flexibility index (Phi) is 4.10. The second-order valence-electron chi connectivity index (χ2n) is 4.19. The Bertz CT molecular complexity index is 516. The minimum atomic E-state index is 0.515. The van der Waals surface area contributed by atoms with Crippen LogP contribution in [0.4, 0.5) is 5.69 Å². The molecule has 0 atom stereocenters. The summed E-state index contributed by atoms with van der Waals surface area (Å²) in [5, 5.41) is 4.63. The third-order valence-corrected chi connectivity index (χ3v) is 3.27. The molecule has 2 nitrogen and oxygen atoms in total. The zero-order chi connectivity index (χ0) is 13.1. The van der Waals surface area contributed by atoms with Crippen molar-refractivity contribution in [3.05, 3.63) is 57.3 Å². The van der Waals surface area contributed by atoms with E-state index in [-0.39, 0.29) is 0 Å². The Morgan fingerprint density at radius 1 is 1.11 bits per heavy atom. The monoisotopic (exact) mass is 280 g/mol. The van der Waals surface area contributed by atoms with E-state index in [9.17, 15) is 0 Å². The number of pyridine rings is 1. The quantitative estimate of drug-likeness (QED) is 0.830. The Labute approximate surface area is 117 Å². The number of aromatic nitrogens is 1. The maximum atomic E-state index is 5.93. The van der Waals surface area contributed by atoms with E-state index in [4.69, 9.17) is 23.2 Å². The molecule has 0 unspecified atom stereocenters. The van der Waals surface area contributed by atoms with Crippen LogP contribution < -0.4 is 5.32 Å². The van der Waals surface area contributed by atoms with Gasteiger partial charge in [0.2, 0.25) is 0 Å². The summed E-state index contributed by atoms with van der Waals surface area (Å²) in [6.45, 7) is 4.73. The summed E-state index contributed by atoms with van der Waals surface area (Å²) < 4.78 is 0. The highest BCUT2D eigenvalue weighted by Crippen LogP contribution is 2.19. The maximum absolute atomic E-state index is 5.93. The molecule has 1 aromatic carbocycles. The average Bonchev–Trinajstić information content (AvgIpc) is 2.30. The first kappa shape index (κ1) is 13.2. The topological polar surface area (TPSA) is 24.9 Å². The van der Waals surface area contributed by atoms with Gasteiger partial charge in [0.05, 0.1) is 11.4 Å². The van der Waals surface area contributed by atoms with Gasteiger partial charge < -0.3 is 5.32 Å². The van der Waals surface area contributed by atoms with Crippen LogP contribution in [0.5, 0.6) is 0 Å². The summed E-state index contributed by atoms with van der Waals surface area (Å²) in [6.07, 6.45) is 0. The van der Waals surface area contributed by atoms with Gasteiger partial charge in [0.25, 0.3) is 0 Å². The van der Waals surface area contributed by atoms with E-state index >= 15 is 0 Å². The Hall–Kier alpha value is -1.25. The number of halogens is 2. The van der Waals surface area contributed by atoms with E-state index < -0.39 is 0 Å². The van der Waals surface area contributed by atoms with Crippen LogP contribution >= 0.6 is 23.2 Å². The van der Waals surface area contributed by atoms with Crippen molar-refractivity contribution in [3.8, 4) is 0 Å². The second kappa shape index (κ2) is 5.59. The Balaban J connectivity index is 2.11. The fraction of sp³-hybridized carbons (Fsp3) is 0.214. The fourth-order valence-electron chi connectivity index (χ4n) is 1.77. The highest BCUT2D eigenvalue weighted by molar-refractivity contribution is 6.30. The van der Waals surface area contributed by atoms with Crippen molar-refractivity contribution in [1.29, 1.82) is 0 Å². The predicted molar refractivity (Wildman–Crippen MR) is 77.5 cm³/mol. The van der Waals surface area contributed by atoms with Gasteiger partial charge >= 0.3 is 0 Å². The molecule has 0 saturated heterocycles. The van der Waals surface area contributed by atoms with Gasteiger partial charge in [-0.15, -0.1) is 0 Å². The zero-order valence-electron chi connectivity index (χ0n) is 10.3. The van der Waals surface area contributed by atoms with Crippen LogP contribution in [0.25, 0.3) is 0 Å². The first-order chi connectivity index (χ1) is 8.56. The number of hydrogen-bond donors (Lipinski definition) is 1. The minimum absolute atomic E-state index is 0.515. The molecule has 1 heterocycles. The highest BCUT2D eigenvalue weighted by Gasteiger charge is 2.02. The third-order valence-electron chi connectivity index (χ3n) is 2.83. The molecule has 2 rings (SSSR count). The molecule has 18 heavy (non-hydrogen) atoms. The lowest BCUT2D eigenvalue weighted by Gasteiger charge is -2.11. The molecule has 0 aliphatic heterocycles. The smallest absolute Gasteiger partial charge is 0.129 e. The van der Waals surface area contributed by atoms with Crippen LogP contribution in [0.3, 0.4) is 0 Å². The van der Waals surface area contributed by atoms with E-state index in [1.165, 1.54) is 11.1 Å². The predicted octanol–water partition coefficient (Wildman–Crippen LogP) is 4.62. The lowest BCUT2D eigenvalue weighted by atomic mass is 10.1. The van der Waals surface area contributed by atoms with Crippen molar-refractivity contribution < 1.29 is 0 Å². The molecular weight excluding hydrogens is 267 g/mol. The SMILES string of the molecule is Cc1cc(Cl)ccc1CNc1ccc(Cl)nc1C. The van der Waals surface area contributed by atoms with E-state index in [0.29, 0.717) is 5.15 Å². The summed E-state index contributed by atoms with van der Waals surface area (Å²) in [7, 11) is 0. The number of rotatable bonds is 3. The Morgan fingerprint density at radius 2 is 1.89 bits per heavy atom. The number of aryl methyl sites for hydroxylation is 2. The fourth-order valence-corrected chi connectivity index (χ4v) is 2.18. The molecule has 0 aliphatic rings. The van der Waals surface area contributed by atoms with E-state index in [1.54, 1.807) is 6.07 Å². The maximum Gasteiger partial charge on any atom is 0.129 e. The molecule has 4 heteroatoms. The molecule has 1 aromatic heterocycles. The van der Waals surface area contributed by atoms with Gasteiger partial charge in [-0.1, -0.05) is 29.3 Å². The van der Waals surface area contributed by atoms with Crippen molar-refractivity contribution in [2.24, 2.45) is 0 Å². The van der Waals surface area contributed by atoms with Crippen LogP contribution in [-0.4, -0.2) is 4.98 Å². The number of hydrogen-bond acceptors (Lipinski definition) is 2. The van der Waals surface area contributed by atoms with Crippen molar-refractivity contribution >= 4 is 28.9 Å². The van der Waals surface area contributed by atoms with Gasteiger partial charge in [0.15, 0.2) is 0 Å². The molecule has 2 aromatic rings. The first-order valence-corrected chi connectivity index (χ1v) is 6.44. The molecular formula is C14H14Cl2N2. The summed E-state index contributed by atoms with van der Waals surface area (Å²) in [5.41, 5.74) is 4.28. The van der Waals surface area contributed by atoms with Crippen molar-refractivity contribution in [3.63, 3.8) is 0 Å². The largest absolute Gasteiger partial charge is 0.379 e. The lowest BCUT2D eigenvalue weighted by Crippen LogP contribution is -2.03. The van der Waals surface area contributed by atoms with Crippen molar-refractivity contribution in [2.75, 3.05) is 5.32 Å². The van der Waals surface area contributed by atoms with E-state index in [2.05, 4.69) is 17.2 Å². The average molecular weight is 281 g/mol. The van der Waals surface area contributed by atoms with Crippen LogP contribution in [-0.2, 0) is 6.54 Å². The number of nitrogens with zero attached hydrogens (tertiary/aromatic N) is 1. The lowest BCUT2D eigenvalue weighted by molar-refractivity contribution is 1.09. The molecule has 0 bridgehead atoms. The van der Waals surface area contributed by atoms with Crippen LogP contribution in [0.1, 0.15) is 16.8 Å². The van der Waals surface area contributed by atoms with Gasteiger partial charge in [-0.25, -0.2) is 4.98 Å². The standard InChI is InChI=1S/C14H14Cl2N2/c1-9-7-12(15)4-3-11(9)8-17-13-5-6-14(16)18-10(13)2/h3-7,17H,8H2,1-2H3. The van der Waals surface area contributed by atoms with Gasteiger partial charge in [-0.05, 0) is 49.2 Å². The molecule has 0 aliphatic carbocycles.